The van der Waals surface area contributed by atoms with E-state index < -0.39 is 10.0 Å². The van der Waals surface area contributed by atoms with Crippen molar-refractivity contribution in [1.29, 1.82) is 0 Å². The molecule has 0 aromatic heterocycles. The molecule has 1 heterocycles. The molecule has 1 N–H and O–H groups in total. The maximum atomic E-state index is 13.0. The Morgan fingerprint density at radius 3 is 2.19 bits per heavy atom. The number of aryl methyl sites for hydroxylation is 2. The molecule has 1 aliphatic heterocycles. The Hall–Kier alpha value is -2.18. The maximum Gasteiger partial charge on any atom is 0.243 e. The summed E-state index contributed by atoms with van der Waals surface area (Å²) in [6.45, 7) is 11.8. The Morgan fingerprint density at radius 2 is 1.62 bits per heavy atom. The normalized spacial score (nSPS) is 16.2. The Balaban J connectivity index is 1.48. The molecule has 6 heteroatoms. The summed E-state index contributed by atoms with van der Waals surface area (Å²) in [6.07, 6.45) is 1.89. The lowest BCUT2D eigenvalue weighted by molar-refractivity contribution is -0.126. The van der Waals surface area contributed by atoms with Gasteiger partial charge in [0.25, 0.3) is 0 Å². The van der Waals surface area contributed by atoms with Crippen LogP contribution in [0.4, 0.5) is 0 Å². The smallest absolute Gasteiger partial charge is 0.243 e. The molecule has 0 radical (unpaired) electrons. The van der Waals surface area contributed by atoms with Crippen molar-refractivity contribution in [3.63, 3.8) is 0 Å². The van der Waals surface area contributed by atoms with Gasteiger partial charge >= 0.3 is 0 Å². The van der Waals surface area contributed by atoms with Crippen molar-refractivity contribution < 1.29 is 13.2 Å². The Kier molecular flexibility index (Phi) is 7.46. The predicted molar refractivity (Wildman–Crippen MR) is 129 cm³/mol. The first-order valence-electron chi connectivity index (χ1n) is 11.4. The average Bonchev–Trinajstić information content (AvgIpc) is 2.75. The molecule has 5 nitrogen and oxygen atoms in total. The first-order valence-corrected chi connectivity index (χ1v) is 12.9. The number of benzene rings is 2. The van der Waals surface area contributed by atoms with Gasteiger partial charge < -0.3 is 5.32 Å². The minimum absolute atomic E-state index is 0.0274. The number of piperidine rings is 1. The highest BCUT2D eigenvalue weighted by Crippen LogP contribution is 2.25. The van der Waals surface area contributed by atoms with E-state index in [4.69, 9.17) is 0 Å². The summed E-state index contributed by atoms with van der Waals surface area (Å²) in [6, 6.07) is 13.8. The van der Waals surface area contributed by atoms with Gasteiger partial charge in [-0.05, 0) is 72.9 Å². The number of carbonyl (C=O) groups excluding carboxylic acids is 1. The highest BCUT2D eigenvalue weighted by atomic mass is 32.2. The van der Waals surface area contributed by atoms with Gasteiger partial charge in [0.05, 0.1) is 4.90 Å². The van der Waals surface area contributed by atoms with Crippen LogP contribution in [0, 0.1) is 19.8 Å². The van der Waals surface area contributed by atoms with E-state index in [0.717, 1.165) is 17.5 Å². The highest BCUT2D eigenvalue weighted by molar-refractivity contribution is 7.89. The monoisotopic (exact) mass is 456 g/mol. The van der Waals surface area contributed by atoms with Gasteiger partial charge in [0.2, 0.25) is 15.9 Å². The lowest BCUT2D eigenvalue weighted by Gasteiger charge is -2.30. The van der Waals surface area contributed by atoms with E-state index >= 15 is 0 Å². The zero-order chi connectivity index (χ0) is 23.5. The second kappa shape index (κ2) is 9.75. The Bertz CT molecular complexity index is 1050. The number of hydrogen-bond donors (Lipinski definition) is 1. The molecule has 1 saturated heterocycles. The standard InChI is InChI=1S/C26H36N2O3S/c1-19-6-11-24(18-20(19)2)32(30,31)28-16-13-22(14-17-28)25(29)27-15-12-21-7-9-23(10-8-21)26(3,4)5/h6-11,18,22H,12-17H2,1-5H3,(H,27,29). The van der Waals surface area contributed by atoms with Gasteiger partial charge in [-0.15, -0.1) is 0 Å². The maximum absolute atomic E-state index is 13.0. The Morgan fingerprint density at radius 1 is 1.00 bits per heavy atom. The van der Waals surface area contributed by atoms with E-state index in [0.29, 0.717) is 37.4 Å². The van der Waals surface area contributed by atoms with Crippen molar-refractivity contribution in [2.24, 2.45) is 5.92 Å². The minimum atomic E-state index is -3.52. The van der Waals surface area contributed by atoms with Crippen LogP contribution in [0.1, 0.15) is 55.9 Å². The van der Waals surface area contributed by atoms with Crippen LogP contribution in [0.3, 0.4) is 0 Å². The average molecular weight is 457 g/mol. The fourth-order valence-electron chi connectivity index (χ4n) is 4.03. The lowest BCUT2D eigenvalue weighted by atomic mass is 9.86. The number of amides is 1. The second-order valence-corrected chi connectivity index (χ2v) is 11.9. The predicted octanol–water partition coefficient (Wildman–Crippen LogP) is 4.36. The third-order valence-electron chi connectivity index (χ3n) is 6.47. The molecule has 0 saturated carbocycles. The van der Waals surface area contributed by atoms with Crippen molar-refractivity contribution in [3.8, 4) is 0 Å². The summed E-state index contributed by atoms with van der Waals surface area (Å²) in [4.78, 5) is 12.9. The van der Waals surface area contributed by atoms with Crippen LogP contribution in [0.25, 0.3) is 0 Å². The van der Waals surface area contributed by atoms with E-state index in [1.807, 2.05) is 19.9 Å². The van der Waals surface area contributed by atoms with E-state index in [-0.39, 0.29) is 17.2 Å². The molecule has 0 unspecified atom stereocenters. The van der Waals surface area contributed by atoms with E-state index in [1.54, 1.807) is 12.1 Å². The second-order valence-electron chi connectivity index (χ2n) is 9.91. The molecule has 1 amide bonds. The number of hydrogen-bond acceptors (Lipinski definition) is 3. The summed E-state index contributed by atoms with van der Waals surface area (Å²) in [5.41, 5.74) is 4.67. The van der Waals surface area contributed by atoms with Crippen molar-refractivity contribution >= 4 is 15.9 Å². The molecule has 0 spiro atoms. The number of nitrogens with zero attached hydrogens (tertiary/aromatic N) is 1. The lowest BCUT2D eigenvalue weighted by Crippen LogP contribution is -2.43. The molecular formula is C26H36N2O3S. The summed E-state index contributed by atoms with van der Waals surface area (Å²) in [7, 11) is -3.52. The van der Waals surface area contributed by atoms with Crippen LogP contribution in [0.5, 0.6) is 0 Å². The SMILES string of the molecule is Cc1ccc(S(=O)(=O)N2CCC(C(=O)NCCc3ccc(C(C)(C)C)cc3)CC2)cc1C. The first-order chi connectivity index (χ1) is 15.0. The van der Waals surface area contributed by atoms with E-state index in [2.05, 4.69) is 50.4 Å². The molecule has 0 bridgehead atoms. The van der Waals surface area contributed by atoms with Crippen molar-refractivity contribution in [3.05, 3.63) is 64.7 Å². The van der Waals surface area contributed by atoms with Gasteiger partial charge in [-0.25, -0.2) is 8.42 Å². The van der Waals surface area contributed by atoms with Crippen molar-refractivity contribution in [2.75, 3.05) is 19.6 Å². The molecule has 1 fully saturated rings. The van der Waals surface area contributed by atoms with Gasteiger partial charge in [-0.2, -0.15) is 4.31 Å². The summed E-state index contributed by atoms with van der Waals surface area (Å²) >= 11 is 0. The van der Waals surface area contributed by atoms with E-state index in [1.165, 1.54) is 15.4 Å². The van der Waals surface area contributed by atoms with Crippen LogP contribution in [-0.2, 0) is 26.7 Å². The van der Waals surface area contributed by atoms with Crippen LogP contribution in [0.2, 0.25) is 0 Å². The largest absolute Gasteiger partial charge is 0.356 e. The zero-order valence-corrected chi connectivity index (χ0v) is 20.8. The molecular weight excluding hydrogens is 420 g/mol. The minimum Gasteiger partial charge on any atom is -0.356 e. The molecule has 1 aliphatic rings. The van der Waals surface area contributed by atoms with Crippen LogP contribution >= 0.6 is 0 Å². The number of nitrogens with one attached hydrogen (secondary N) is 1. The molecule has 3 rings (SSSR count). The van der Waals surface area contributed by atoms with Gasteiger partial charge in [0, 0.05) is 25.6 Å². The van der Waals surface area contributed by atoms with Gasteiger partial charge in [-0.3, -0.25) is 4.79 Å². The number of carbonyl (C=O) groups is 1. The first kappa shape index (κ1) is 24.5. The van der Waals surface area contributed by atoms with Gasteiger partial charge in [0.15, 0.2) is 0 Å². The molecule has 0 atom stereocenters. The molecule has 2 aromatic carbocycles. The van der Waals surface area contributed by atoms with Crippen LogP contribution in [0.15, 0.2) is 47.4 Å². The summed E-state index contributed by atoms with van der Waals surface area (Å²) < 4.78 is 27.4. The van der Waals surface area contributed by atoms with Crippen LogP contribution < -0.4 is 5.32 Å². The molecule has 0 aliphatic carbocycles. The third-order valence-corrected chi connectivity index (χ3v) is 8.37. The number of sulfonamides is 1. The zero-order valence-electron chi connectivity index (χ0n) is 19.9. The third kappa shape index (κ3) is 5.78. The van der Waals surface area contributed by atoms with E-state index in [9.17, 15) is 13.2 Å². The Labute approximate surface area is 193 Å². The molecule has 2 aromatic rings. The quantitative estimate of drug-likeness (QED) is 0.702. The molecule has 32 heavy (non-hydrogen) atoms. The summed E-state index contributed by atoms with van der Waals surface area (Å²) in [5.74, 6) is -0.107. The van der Waals surface area contributed by atoms with Gasteiger partial charge in [-0.1, -0.05) is 51.1 Å². The fourth-order valence-corrected chi connectivity index (χ4v) is 5.58. The summed E-state index contributed by atoms with van der Waals surface area (Å²) in [5, 5.41) is 3.04. The van der Waals surface area contributed by atoms with Crippen molar-refractivity contribution in [1.82, 2.24) is 9.62 Å². The number of rotatable bonds is 6. The topological polar surface area (TPSA) is 66.5 Å². The van der Waals surface area contributed by atoms with Gasteiger partial charge in [0.1, 0.15) is 0 Å². The molecule has 174 valence electrons. The van der Waals surface area contributed by atoms with Crippen molar-refractivity contribution in [2.45, 2.75) is 64.2 Å². The fraction of sp³-hybridized carbons (Fsp3) is 0.500. The van der Waals surface area contributed by atoms with Crippen LogP contribution in [-0.4, -0.2) is 38.3 Å². The highest BCUT2D eigenvalue weighted by Gasteiger charge is 2.32.